The number of alkyl halides is 3. The number of rotatable bonds is 5. The molecule has 0 amide bonds. The maximum Gasteiger partial charge on any atom is 0.418 e. The fraction of sp³-hybridized carbons (Fsp3) is 0.500. The zero-order valence-electron chi connectivity index (χ0n) is 11.0. The van der Waals surface area contributed by atoms with Crippen LogP contribution in [0.4, 0.5) is 18.9 Å². The Morgan fingerprint density at radius 3 is 2.40 bits per heavy atom. The number of nitrogens with one attached hydrogen (secondary N) is 1. The molecule has 1 unspecified atom stereocenters. The summed E-state index contributed by atoms with van der Waals surface area (Å²) < 4.78 is 61.4. The van der Waals surface area contributed by atoms with Gasteiger partial charge in [-0.1, -0.05) is 6.92 Å². The minimum atomic E-state index is -4.68. The Morgan fingerprint density at radius 2 is 1.95 bits per heavy atom. The van der Waals surface area contributed by atoms with E-state index in [1.807, 2.05) is 0 Å². The average molecular weight is 311 g/mol. The van der Waals surface area contributed by atoms with Crippen LogP contribution in [-0.2, 0) is 16.0 Å². The maximum atomic E-state index is 12.9. The lowest BCUT2D eigenvalue weighted by atomic mass is 10.1. The Morgan fingerprint density at radius 1 is 1.35 bits per heavy atom. The Balaban J connectivity index is 3.18. The first kappa shape index (κ1) is 16.8. The first-order valence-electron chi connectivity index (χ1n) is 5.89. The second-order valence-electron chi connectivity index (χ2n) is 4.42. The molecule has 4 nitrogen and oxygen atoms in total. The van der Waals surface area contributed by atoms with E-state index >= 15 is 0 Å². The van der Waals surface area contributed by atoms with Crippen LogP contribution < -0.4 is 5.32 Å². The third-order valence-electron chi connectivity index (χ3n) is 2.72. The van der Waals surface area contributed by atoms with Crippen LogP contribution >= 0.6 is 0 Å². The van der Waals surface area contributed by atoms with Gasteiger partial charge in [0.15, 0.2) is 9.84 Å². The molecule has 1 rings (SSSR count). The van der Waals surface area contributed by atoms with Crippen LogP contribution in [0.25, 0.3) is 0 Å². The van der Waals surface area contributed by atoms with Gasteiger partial charge in [0.2, 0.25) is 0 Å². The first-order chi connectivity index (χ1) is 9.05. The van der Waals surface area contributed by atoms with Crippen molar-refractivity contribution in [3.8, 4) is 0 Å². The van der Waals surface area contributed by atoms with Crippen molar-refractivity contribution in [2.24, 2.45) is 0 Å². The van der Waals surface area contributed by atoms with Crippen LogP contribution in [0.3, 0.4) is 0 Å². The van der Waals surface area contributed by atoms with Gasteiger partial charge in [-0.3, -0.25) is 0 Å². The second kappa shape index (κ2) is 6.01. The lowest BCUT2D eigenvalue weighted by Gasteiger charge is -2.17. The van der Waals surface area contributed by atoms with Crippen molar-refractivity contribution < 1.29 is 26.7 Å². The molecular weight excluding hydrogens is 295 g/mol. The fourth-order valence-corrected chi connectivity index (χ4v) is 2.16. The molecule has 0 aliphatic carbocycles. The third kappa shape index (κ3) is 4.38. The van der Waals surface area contributed by atoms with Gasteiger partial charge in [-0.05, 0) is 24.6 Å². The van der Waals surface area contributed by atoms with Gasteiger partial charge in [0.1, 0.15) is 0 Å². The average Bonchev–Trinajstić information content (AvgIpc) is 2.33. The molecule has 0 fully saturated rings. The van der Waals surface area contributed by atoms with Crippen LogP contribution in [-0.4, -0.2) is 32.4 Å². The van der Waals surface area contributed by atoms with Crippen molar-refractivity contribution in [1.82, 2.24) is 0 Å². The molecule has 20 heavy (non-hydrogen) atoms. The summed E-state index contributed by atoms with van der Waals surface area (Å²) in [6.07, 6.45) is -4.21. The molecule has 0 saturated carbocycles. The zero-order chi connectivity index (χ0) is 15.6. The minimum Gasteiger partial charge on any atom is -0.391 e. The molecule has 1 aromatic carbocycles. The van der Waals surface area contributed by atoms with Gasteiger partial charge in [0.05, 0.1) is 16.6 Å². The summed E-state index contributed by atoms with van der Waals surface area (Å²) in [5, 5.41) is 11.8. The molecule has 0 heterocycles. The molecule has 8 heteroatoms. The number of benzene rings is 1. The van der Waals surface area contributed by atoms with Crippen LogP contribution in [0.15, 0.2) is 23.1 Å². The Bertz CT molecular complexity index is 570. The van der Waals surface area contributed by atoms with E-state index in [2.05, 4.69) is 5.32 Å². The van der Waals surface area contributed by atoms with Gasteiger partial charge in [0, 0.05) is 18.5 Å². The summed E-state index contributed by atoms with van der Waals surface area (Å²) in [5.74, 6) is 0. The Kier molecular flexibility index (Phi) is 5.04. The van der Waals surface area contributed by atoms with Crippen LogP contribution in [0.2, 0.25) is 0 Å². The molecule has 0 radical (unpaired) electrons. The summed E-state index contributed by atoms with van der Waals surface area (Å²) >= 11 is 0. The van der Waals surface area contributed by atoms with E-state index < -0.39 is 32.6 Å². The molecule has 1 atom stereocenters. The molecule has 0 spiro atoms. The third-order valence-corrected chi connectivity index (χ3v) is 3.83. The predicted molar refractivity (Wildman–Crippen MR) is 69.3 cm³/mol. The molecule has 2 N–H and O–H groups in total. The van der Waals surface area contributed by atoms with Crippen molar-refractivity contribution in [2.75, 3.05) is 18.1 Å². The van der Waals surface area contributed by atoms with Gasteiger partial charge in [0.25, 0.3) is 0 Å². The first-order valence-corrected chi connectivity index (χ1v) is 7.78. The number of aliphatic hydroxyl groups is 1. The molecule has 0 bridgehead atoms. The summed E-state index contributed by atoms with van der Waals surface area (Å²) in [5.41, 5.74) is -1.32. The topological polar surface area (TPSA) is 66.4 Å². The Labute approximate surface area is 115 Å². The van der Waals surface area contributed by atoms with Crippen molar-refractivity contribution in [3.05, 3.63) is 23.8 Å². The van der Waals surface area contributed by atoms with Gasteiger partial charge in [-0.15, -0.1) is 0 Å². The standard InChI is InChI=1S/C12H16F3NO3S/c1-3-8(17)7-16-11-5-4-9(20(2,18)19)6-10(11)12(13,14)15/h4-6,8,16-17H,3,7H2,1-2H3. The molecular formula is C12H16F3NO3S. The minimum absolute atomic E-state index is 0.0438. The molecule has 1 aromatic rings. The van der Waals surface area contributed by atoms with E-state index in [4.69, 9.17) is 0 Å². The highest BCUT2D eigenvalue weighted by molar-refractivity contribution is 7.90. The lowest BCUT2D eigenvalue weighted by Crippen LogP contribution is -2.20. The zero-order valence-corrected chi connectivity index (χ0v) is 11.8. The van der Waals surface area contributed by atoms with E-state index in [0.29, 0.717) is 12.5 Å². The number of halogens is 3. The maximum absolute atomic E-state index is 12.9. The smallest absolute Gasteiger partial charge is 0.391 e. The van der Waals surface area contributed by atoms with E-state index in [1.165, 1.54) is 0 Å². The fourth-order valence-electron chi connectivity index (χ4n) is 1.51. The summed E-state index contributed by atoms with van der Waals surface area (Å²) in [7, 11) is -3.72. The molecule has 0 aliphatic rings. The summed E-state index contributed by atoms with van der Waals surface area (Å²) in [6, 6.07) is 2.75. The molecule has 0 aromatic heterocycles. The van der Waals surface area contributed by atoms with Crippen LogP contribution in [0, 0.1) is 0 Å². The van der Waals surface area contributed by atoms with Crippen molar-refractivity contribution >= 4 is 15.5 Å². The normalized spacial score (nSPS) is 14.1. The summed E-state index contributed by atoms with van der Waals surface area (Å²) in [4.78, 5) is -0.397. The highest BCUT2D eigenvalue weighted by Gasteiger charge is 2.34. The molecule has 0 aliphatic heterocycles. The van der Waals surface area contributed by atoms with Crippen LogP contribution in [0.1, 0.15) is 18.9 Å². The van der Waals surface area contributed by atoms with E-state index in [0.717, 1.165) is 18.4 Å². The van der Waals surface area contributed by atoms with E-state index in [9.17, 15) is 26.7 Å². The van der Waals surface area contributed by atoms with E-state index in [1.54, 1.807) is 6.92 Å². The highest BCUT2D eigenvalue weighted by Crippen LogP contribution is 2.36. The van der Waals surface area contributed by atoms with E-state index in [-0.39, 0.29) is 12.2 Å². The summed E-state index contributed by atoms with van der Waals surface area (Å²) in [6.45, 7) is 1.65. The highest BCUT2D eigenvalue weighted by atomic mass is 32.2. The lowest BCUT2D eigenvalue weighted by molar-refractivity contribution is -0.137. The second-order valence-corrected chi connectivity index (χ2v) is 6.44. The van der Waals surface area contributed by atoms with Crippen molar-refractivity contribution in [1.29, 1.82) is 0 Å². The quantitative estimate of drug-likeness (QED) is 0.875. The molecule has 114 valence electrons. The molecule has 0 saturated heterocycles. The number of hydrogen-bond donors (Lipinski definition) is 2. The predicted octanol–water partition coefficient (Wildman–Crippen LogP) is 2.29. The van der Waals surface area contributed by atoms with Gasteiger partial charge in [-0.2, -0.15) is 13.2 Å². The van der Waals surface area contributed by atoms with Crippen molar-refractivity contribution in [2.45, 2.75) is 30.5 Å². The largest absolute Gasteiger partial charge is 0.418 e. The van der Waals surface area contributed by atoms with Gasteiger partial charge in [-0.25, -0.2) is 8.42 Å². The van der Waals surface area contributed by atoms with Crippen LogP contribution in [0.5, 0.6) is 0 Å². The number of anilines is 1. The number of sulfone groups is 1. The van der Waals surface area contributed by atoms with Gasteiger partial charge < -0.3 is 10.4 Å². The Hall–Kier alpha value is -1.28. The monoisotopic (exact) mass is 311 g/mol. The van der Waals surface area contributed by atoms with Gasteiger partial charge >= 0.3 is 6.18 Å². The number of hydrogen-bond acceptors (Lipinski definition) is 4. The van der Waals surface area contributed by atoms with Crippen molar-refractivity contribution in [3.63, 3.8) is 0 Å². The number of aliphatic hydroxyl groups excluding tert-OH is 1. The SMILES string of the molecule is CCC(O)CNc1ccc(S(C)(=O)=O)cc1C(F)(F)F.